The van der Waals surface area contributed by atoms with Crippen LogP contribution in [0.25, 0.3) is 0 Å². The number of carbonyl (C=O) groups excluding carboxylic acids is 1. The number of nitrogens with one attached hydrogen (secondary N) is 1. The highest BCUT2D eigenvalue weighted by Gasteiger charge is 2.44. The number of carbonyl (C=O) groups is 1. The molecule has 21 heavy (non-hydrogen) atoms. The molecule has 1 fully saturated rings. The molecular weight excluding hydrogens is 345 g/mol. The summed E-state index contributed by atoms with van der Waals surface area (Å²) < 4.78 is 19.4. The topological polar surface area (TPSA) is 96.9 Å². The second-order valence-electron chi connectivity index (χ2n) is 4.73. The van der Waals surface area contributed by atoms with Crippen molar-refractivity contribution in [2.45, 2.75) is 12.8 Å². The van der Waals surface area contributed by atoms with Crippen LogP contribution in [0.15, 0.2) is 27.8 Å². The molecule has 4 N–H and O–H groups in total. The highest BCUT2D eigenvalue weighted by Crippen LogP contribution is 2.34. The van der Waals surface area contributed by atoms with Gasteiger partial charge in [0, 0.05) is 17.7 Å². The molecule has 0 aliphatic carbocycles. The van der Waals surface area contributed by atoms with E-state index in [1.54, 1.807) is 6.07 Å². The monoisotopic (exact) mass is 359 g/mol. The zero-order valence-corrected chi connectivity index (χ0v) is 12.7. The highest BCUT2D eigenvalue weighted by atomic mass is 79.9. The van der Waals surface area contributed by atoms with Gasteiger partial charge in [0.1, 0.15) is 11.2 Å². The Morgan fingerprint density at radius 3 is 2.71 bits per heavy atom. The highest BCUT2D eigenvalue weighted by molar-refractivity contribution is 9.10. The van der Waals surface area contributed by atoms with Gasteiger partial charge in [-0.15, -0.1) is 0 Å². The Bertz CT molecular complexity index is 554. The normalized spacial score (nSPS) is 18.3. The third-order valence-corrected chi connectivity index (χ3v) is 4.24. The summed E-state index contributed by atoms with van der Waals surface area (Å²) in [6, 6.07) is 4.36. The molecule has 6 nitrogen and oxygen atoms in total. The van der Waals surface area contributed by atoms with Gasteiger partial charge in [0.15, 0.2) is 5.84 Å². The van der Waals surface area contributed by atoms with Crippen molar-refractivity contribution in [1.82, 2.24) is 0 Å². The van der Waals surface area contributed by atoms with Gasteiger partial charge in [0.2, 0.25) is 5.91 Å². The minimum atomic E-state index is -1.20. The van der Waals surface area contributed by atoms with Gasteiger partial charge in [-0.25, -0.2) is 4.39 Å². The lowest BCUT2D eigenvalue weighted by Crippen LogP contribution is -2.50. The van der Waals surface area contributed by atoms with Gasteiger partial charge in [0.05, 0.1) is 5.69 Å². The Labute approximate surface area is 129 Å². The molecule has 0 bridgehead atoms. The number of benzene rings is 1. The first-order valence-corrected chi connectivity index (χ1v) is 7.12. The molecule has 1 amide bonds. The number of amidine groups is 1. The predicted molar refractivity (Wildman–Crippen MR) is 78.6 cm³/mol. The van der Waals surface area contributed by atoms with Crippen LogP contribution in [-0.4, -0.2) is 30.2 Å². The standard InChI is InChI=1S/C13H15BrFN3O3/c14-8-2-1-3-9(15)10(8)17-12(19)13(11(16)18-20)4-6-21-7-5-13/h1-3,20H,4-7H2,(H2,16,18)(H,17,19). The number of rotatable bonds is 3. The molecule has 1 heterocycles. The molecule has 0 radical (unpaired) electrons. The Balaban J connectivity index is 2.32. The molecule has 1 aromatic carbocycles. The summed E-state index contributed by atoms with van der Waals surface area (Å²) in [5.41, 5.74) is 4.52. The lowest BCUT2D eigenvalue weighted by atomic mass is 9.78. The molecule has 114 valence electrons. The molecule has 1 aliphatic heterocycles. The van der Waals surface area contributed by atoms with E-state index >= 15 is 0 Å². The van der Waals surface area contributed by atoms with E-state index in [4.69, 9.17) is 15.7 Å². The lowest BCUT2D eigenvalue weighted by molar-refractivity contribution is -0.126. The van der Waals surface area contributed by atoms with Gasteiger partial charge < -0.3 is 21.0 Å². The molecule has 8 heteroatoms. The summed E-state index contributed by atoms with van der Waals surface area (Å²) in [5.74, 6) is -1.29. The Morgan fingerprint density at radius 1 is 1.48 bits per heavy atom. The number of hydrogen-bond acceptors (Lipinski definition) is 4. The van der Waals surface area contributed by atoms with Crippen LogP contribution in [-0.2, 0) is 9.53 Å². The summed E-state index contributed by atoms with van der Waals surface area (Å²) in [4.78, 5) is 12.6. The van der Waals surface area contributed by atoms with Crippen molar-refractivity contribution in [1.29, 1.82) is 0 Å². The van der Waals surface area contributed by atoms with E-state index in [0.29, 0.717) is 17.7 Å². The fourth-order valence-electron chi connectivity index (χ4n) is 2.27. The first-order chi connectivity index (χ1) is 10.0. The predicted octanol–water partition coefficient (Wildman–Crippen LogP) is 2.07. The maximum absolute atomic E-state index is 13.8. The Morgan fingerprint density at radius 2 is 2.14 bits per heavy atom. The van der Waals surface area contributed by atoms with Gasteiger partial charge in [-0.2, -0.15) is 0 Å². The fourth-order valence-corrected chi connectivity index (χ4v) is 2.71. The number of amides is 1. The molecular formula is C13H15BrFN3O3. The number of para-hydroxylation sites is 1. The number of hydrogen-bond donors (Lipinski definition) is 3. The summed E-state index contributed by atoms with van der Waals surface area (Å²) in [6.45, 7) is 0.615. The number of nitrogens with zero attached hydrogens (tertiary/aromatic N) is 1. The first-order valence-electron chi connectivity index (χ1n) is 6.32. The number of anilines is 1. The lowest BCUT2D eigenvalue weighted by Gasteiger charge is -2.34. The second-order valence-corrected chi connectivity index (χ2v) is 5.58. The summed E-state index contributed by atoms with van der Waals surface area (Å²) in [6.07, 6.45) is 0.529. The largest absolute Gasteiger partial charge is 0.409 e. The minimum Gasteiger partial charge on any atom is -0.409 e. The summed E-state index contributed by atoms with van der Waals surface area (Å²) >= 11 is 3.18. The van der Waals surface area contributed by atoms with E-state index in [1.165, 1.54) is 12.1 Å². The second kappa shape index (κ2) is 6.40. The van der Waals surface area contributed by atoms with Crippen molar-refractivity contribution in [2.75, 3.05) is 18.5 Å². The quantitative estimate of drug-likeness (QED) is 0.333. The molecule has 0 saturated carbocycles. The van der Waals surface area contributed by atoms with Gasteiger partial charge in [-0.3, -0.25) is 4.79 Å². The average Bonchev–Trinajstić information content (AvgIpc) is 2.50. The van der Waals surface area contributed by atoms with E-state index in [1.807, 2.05) is 0 Å². The molecule has 1 aromatic rings. The zero-order valence-electron chi connectivity index (χ0n) is 11.1. The number of nitrogens with two attached hydrogens (primary N) is 1. The zero-order chi connectivity index (χ0) is 15.5. The van der Waals surface area contributed by atoms with Crippen LogP contribution in [0.4, 0.5) is 10.1 Å². The molecule has 0 spiro atoms. The van der Waals surface area contributed by atoms with Crippen molar-refractivity contribution in [3.63, 3.8) is 0 Å². The van der Waals surface area contributed by atoms with Crippen molar-refractivity contribution in [2.24, 2.45) is 16.3 Å². The van der Waals surface area contributed by atoms with E-state index in [9.17, 15) is 9.18 Å². The van der Waals surface area contributed by atoms with Crippen LogP contribution in [0, 0.1) is 11.2 Å². The van der Waals surface area contributed by atoms with Crippen LogP contribution in [0.3, 0.4) is 0 Å². The van der Waals surface area contributed by atoms with Crippen molar-refractivity contribution >= 4 is 33.4 Å². The first kappa shape index (κ1) is 15.7. The Hall–Kier alpha value is -1.67. The van der Waals surface area contributed by atoms with Crippen LogP contribution in [0.1, 0.15) is 12.8 Å². The maximum Gasteiger partial charge on any atom is 0.238 e. The van der Waals surface area contributed by atoms with E-state index < -0.39 is 17.1 Å². The molecule has 0 atom stereocenters. The summed E-state index contributed by atoms with van der Waals surface area (Å²) in [7, 11) is 0. The number of oxime groups is 1. The average molecular weight is 360 g/mol. The fraction of sp³-hybridized carbons (Fsp3) is 0.385. The van der Waals surface area contributed by atoms with Crippen molar-refractivity contribution in [3.8, 4) is 0 Å². The molecule has 1 saturated heterocycles. The van der Waals surface area contributed by atoms with Crippen LogP contribution in [0.2, 0.25) is 0 Å². The minimum absolute atomic E-state index is 0.0270. The third-order valence-electron chi connectivity index (χ3n) is 3.58. The van der Waals surface area contributed by atoms with Crippen molar-refractivity contribution < 1.29 is 19.1 Å². The van der Waals surface area contributed by atoms with Crippen LogP contribution >= 0.6 is 15.9 Å². The van der Waals surface area contributed by atoms with Gasteiger partial charge in [-0.05, 0) is 40.9 Å². The van der Waals surface area contributed by atoms with Crippen molar-refractivity contribution in [3.05, 3.63) is 28.5 Å². The van der Waals surface area contributed by atoms with Crippen LogP contribution < -0.4 is 11.1 Å². The summed E-state index contributed by atoms with van der Waals surface area (Å²) in [5, 5.41) is 14.4. The smallest absolute Gasteiger partial charge is 0.238 e. The van der Waals surface area contributed by atoms with E-state index in [-0.39, 0.29) is 24.4 Å². The van der Waals surface area contributed by atoms with Crippen LogP contribution in [0.5, 0.6) is 0 Å². The molecule has 0 aromatic heterocycles. The molecule has 0 unspecified atom stereocenters. The molecule has 1 aliphatic rings. The molecule has 2 rings (SSSR count). The van der Waals surface area contributed by atoms with Gasteiger partial charge in [0.25, 0.3) is 0 Å². The van der Waals surface area contributed by atoms with Gasteiger partial charge in [-0.1, -0.05) is 11.2 Å². The Kier molecular flexibility index (Phi) is 4.79. The van der Waals surface area contributed by atoms with Gasteiger partial charge >= 0.3 is 0 Å². The van der Waals surface area contributed by atoms with E-state index in [0.717, 1.165) is 0 Å². The third kappa shape index (κ3) is 3.01. The number of ether oxygens (including phenoxy) is 1. The maximum atomic E-state index is 13.8. The number of halogens is 2. The van der Waals surface area contributed by atoms with E-state index in [2.05, 4.69) is 26.4 Å². The SMILES string of the molecule is N/C(=N/O)C1(C(=O)Nc2c(F)cccc2Br)CCOCC1.